The van der Waals surface area contributed by atoms with Crippen molar-refractivity contribution < 1.29 is 0 Å². The van der Waals surface area contributed by atoms with Crippen molar-refractivity contribution >= 4 is 17.3 Å². The largest absolute Gasteiger partial charge is 0.370 e. The minimum atomic E-state index is 0.585. The average Bonchev–Trinajstić information content (AvgIpc) is 2.41. The van der Waals surface area contributed by atoms with E-state index in [0.29, 0.717) is 6.54 Å². The lowest BCUT2D eigenvalue weighted by molar-refractivity contribution is 0.915. The Hall–Kier alpha value is -1.51. The number of rotatable bonds is 4. The molecule has 2 aromatic rings. The number of hydrogen-bond acceptors (Lipinski definition) is 2. The molecule has 0 radical (unpaired) electrons. The van der Waals surface area contributed by atoms with Crippen LogP contribution >= 0.6 is 11.6 Å². The summed E-state index contributed by atoms with van der Waals surface area (Å²) in [6, 6.07) is 14.3. The Morgan fingerprint density at radius 1 is 1.05 bits per heavy atom. The second kappa shape index (κ2) is 6.09. The number of nitrogens with two attached hydrogens (primary N) is 1. The van der Waals surface area contributed by atoms with Crippen molar-refractivity contribution in [2.45, 2.75) is 20.0 Å². The quantitative estimate of drug-likeness (QED) is 0.920. The molecule has 0 aliphatic carbocycles. The summed E-state index contributed by atoms with van der Waals surface area (Å²) >= 11 is 5.90. The Labute approximate surface area is 119 Å². The first-order valence-electron chi connectivity index (χ1n) is 6.35. The highest BCUT2D eigenvalue weighted by atomic mass is 35.5. The molecule has 0 heterocycles. The summed E-state index contributed by atoms with van der Waals surface area (Å²) in [6.45, 7) is 3.56. The second-order valence-electron chi connectivity index (χ2n) is 4.81. The van der Waals surface area contributed by atoms with Crippen LogP contribution in [-0.2, 0) is 13.1 Å². The molecule has 2 N–H and O–H groups in total. The standard InChI is InChI=1S/C16H19ClN2/c1-12-9-14(10-18)5-8-16(12)19(2)11-13-3-6-15(17)7-4-13/h3-9H,10-11,18H2,1-2H3. The van der Waals surface area contributed by atoms with Gasteiger partial charge in [-0.25, -0.2) is 0 Å². The van der Waals surface area contributed by atoms with Gasteiger partial charge in [-0.2, -0.15) is 0 Å². The van der Waals surface area contributed by atoms with Crippen molar-refractivity contribution in [2.24, 2.45) is 5.73 Å². The van der Waals surface area contributed by atoms with Crippen LogP contribution in [-0.4, -0.2) is 7.05 Å². The molecule has 0 saturated carbocycles. The molecule has 19 heavy (non-hydrogen) atoms. The van der Waals surface area contributed by atoms with E-state index in [9.17, 15) is 0 Å². The molecule has 0 spiro atoms. The molecule has 0 unspecified atom stereocenters. The Morgan fingerprint density at radius 3 is 2.26 bits per heavy atom. The van der Waals surface area contributed by atoms with Crippen LogP contribution in [0, 0.1) is 6.92 Å². The minimum absolute atomic E-state index is 0.585. The predicted octanol–water partition coefficient (Wildman–Crippen LogP) is 3.74. The van der Waals surface area contributed by atoms with Gasteiger partial charge in [0.05, 0.1) is 0 Å². The third-order valence-electron chi connectivity index (χ3n) is 3.24. The SMILES string of the molecule is Cc1cc(CN)ccc1N(C)Cc1ccc(Cl)cc1. The van der Waals surface area contributed by atoms with Gasteiger partial charge in [-0.1, -0.05) is 35.9 Å². The van der Waals surface area contributed by atoms with Gasteiger partial charge in [0.1, 0.15) is 0 Å². The zero-order valence-electron chi connectivity index (χ0n) is 11.4. The molecule has 0 aliphatic rings. The fourth-order valence-electron chi connectivity index (χ4n) is 2.22. The number of halogens is 1. The Kier molecular flexibility index (Phi) is 4.46. The lowest BCUT2D eigenvalue weighted by Gasteiger charge is -2.22. The lowest BCUT2D eigenvalue weighted by atomic mass is 10.1. The molecule has 0 bridgehead atoms. The lowest BCUT2D eigenvalue weighted by Crippen LogP contribution is -2.17. The Morgan fingerprint density at radius 2 is 1.68 bits per heavy atom. The number of nitrogens with zero attached hydrogens (tertiary/aromatic N) is 1. The van der Waals surface area contributed by atoms with Gasteiger partial charge < -0.3 is 10.6 Å². The van der Waals surface area contributed by atoms with E-state index < -0.39 is 0 Å². The number of benzene rings is 2. The predicted molar refractivity (Wildman–Crippen MR) is 82.6 cm³/mol. The van der Waals surface area contributed by atoms with Crippen LogP contribution in [0.4, 0.5) is 5.69 Å². The number of anilines is 1. The van der Waals surface area contributed by atoms with Gasteiger partial charge >= 0.3 is 0 Å². The van der Waals surface area contributed by atoms with Crippen molar-refractivity contribution in [3.05, 3.63) is 64.2 Å². The van der Waals surface area contributed by atoms with E-state index in [0.717, 1.165) is 11.6 Å². The van der Waals surface area contributed by atoms with Gasteiger partial charge in [0.15, 0.2) is 0 Å². The molecule has 2 rings (SSSR count). The fraction of sp³-hybridized carbons (Fsp3) is 0.250. The monoisotopic (exact) mass is 274 g/mol. The third-order valence-corrected chi connectivity index (χ3v) is 3.49. The highest BCUT2D eigenvalue weighted by Gasteiger charge is 2.06. The molecule has 0 saturated heterocycles. The van der Waals surface area contributed by atoms with E-state index in [1.807, 2.05) is 12.1 Å². The molecule has 0 amide bonds. The molecule has 0 aliphatic heterocycles. The van der Waals surface area contributed by atoms with E-state index in [2.05, 4.69) is 49.2 Å². The van der Waals surface area contributed by atoms with Crippen LogP contribution in [0.2, 0.25) is 5.02 Å². The average molecular weight is 275 g/mol. The summed E-state index contributed by atoms with van der Waals surface area (Å²) < 4.78 is 0. The van der Waals surface area contributed by atoms with Crippen molar-refractivity contribution in [1.29, 1.82) is 0 Å². The molecular weight excluding hydrogens is 256 g/mol. The summed E-state index contributed by atoms with van der Waals surface area (Å²) in [5, 5.41) is 0.773. The van der Waals surface area contributed by atoms with Crippen molar-refractivity contribution in [2.75, 3.05) is 11.9 Å². The highest BCUT2D eigenvalue weighted by molar-refractivity contribution is 6.30. The Balaban J connectivity index is 2.15. The summed E-state index contributed by atoms with van der Waals surface area (Å²) in [5.74, 6) is 0. The van der Waals surface area contributed by atoms with Crippen molar-refractivity contribution in [3.8, 4) is 0 Å². The van der Waals surface area contributed by atoms with Gasteiger partial charge in [-0.15, -0.1) is 0 Å². The summed E-state index contributed by atoms with van der Waals surface area (Å²) in [6.07, 6.45) is 0. The normalized spacial score (nSPS) is 10.5. The Bertz CT molecular complexity index is 549. The second-order valence-corrected chi connectivity index (χ2v) is 5.24. The molecule has 0 atom stereocenters. The smallest absolute Gasteiger partial charge is 0.0426 e. The molecule has 100 valence electrons. The van der Waals surface area contributed by atoms with Gasteiger partial charge in [0.25, 0.3) is 0 Å². The molecule has 2 aromatic carbocycles. The van der Waals surface area contributed by atoms with Crippen LogP contribution < -0.4 is 10.6 Å². The van der Waals surface area contributed by atoms with Crippen LogP contribution in [0.3, 0.4) is 0 Å². The third kappa shape index (κ3) is 3.49. The van der Waals surface area contributed by atoms with Crippen LogP contribution in [0.15, 0.2) is 42.5 Å². The molecule has 2 nitrogen and oxygen atoms in total. The first-order chi connectivity index (χ1) is 9.10. The molecular formula is C16H19ClN2. The summed E-state index contributed by atoms with van der Waals surface area (Å²) in [5.41, 5.74) is 10.5. The maximum Gasteiger partial charge on any atom is 0.0426 e. The minimum Gasteiger partial charge on any atom is -0.370 e. The zero-order chi connectivity index (χ0) is 13.8. The zero-order valence-corrected chi connectivity index (χ0v) is 12.1. The number of hydrogen-bond donors (Lipinski definition) is 1. The van der Waals surface area contributed by atoms with Gasteiger partial charge in [0.2, 0.25) is 0 Å². The summed E-state index contributed by atoms with van der Waals surface area (Å²) in [4.78, 5) is 2.23. The van der Waals surface area contributed by atoms with E-state index in [4.69, 9.17) is 17.3 Å². The summed E-state index contributed by atoms with van der Waals surface area (Å²) in [7, 11) is 2.10. The van der Waals surface area contributed by atoms with Crippen molar-refractivity contribution in [1.82, 2.24) is 0 Å². The molecule has 0 aromatic heterocycles. The van der Waals surface area contributed by atoms with Crippen molar-refractivity contribution in [3.63, 3.8) is 0 Å². The number of aryl methyl sites for hydroxylation is 1. The fourth-order valence-corrected chi connectivity index (χ4v) is 2.35. The first kappa shape index (κ1) is 13.9. The highest BCUT2D eigenvalue weighted by Crippen LogP contribution is 2.22. The van der Waals surface area contributed by atoms with Crippen LogP contribution in [0.25, 0.3) is 0 Å². The van der Waals surface area contributed by atoms with E-state index in [1.165, 1.54) is 22.4 Å². The van der Waals surface area contributed by atoms with Gasteiger partial charge in [-0.05, 0) is 41.8 Å². The molecule has 0 fully saturated rings. The van der Waals surface area contributed by atoms with E-state index in [1.54, 1.807) is 0 Å². The topological polar surface area (TPSA) is 29.3 Å². The maximum atomic E-state index is 5.90. The van der Waals surface area contributed by atoms with Crippen LogP contribution in [0.5, 0.6) is 0 Å². The van der Waals surface area contributed by atoms with E-state index in [-0.39, 0.29) is 0 Å². The first-order valence-corrected chi connectivity index (χ1v) is 6.73. The van der Waals surface area contributed by atoms with Gasteiger partial charge in [0, 0.05) is 30.8 Å². The maximum absolute atomic E-state index is 5.90. The molecule has 3 heteroatoms. The van der Waals surface area contributed by atoms with Crippen LogP contribution in [0.1, 0.15) is 16.7 Å². The van der Waals surface area contributed by atoms with E-state index >= 15 is 0 Å². The van der Waals surface area contributed by atoms with Gasteiger partial charge in [-0.3, -0.25) is 0 Å².